The Kier molecular flexibility index (Phi) is 4.79. The molecule has 0 amide bonds. The summed E-state index contributed by atoms with van der Waals surface area (Å²) in [4.78, 5) is 2.62. The summed E-state index contributed by atoms with van der Waals surface area (Å²) in [6.07, 6.45) is 1.15. The lowest BCUT2D eigenvalue weighted by atomic mass is 9.99. The Morgan fingerprint density at radius 2 is 2.25 bits per heavy atom. The fourth-order valence-corrected chi connectivity index (χ4v) is 4.61. The Labute approximate surface area is 132 Å². The number of hydrogen-bond donors (Lipinski definition) is 1. The quantitative estimate of drug-likeness (QED) is 0.868. The first-order valence-corrected chi connectivity index (χ1v) is 8.94. The van der Waals surface area contributed by atoms with Gasteiger partial charge in [0, 0.05) is 22.4 Å². The number of hydrogen-bond acceptors (Lipinski definition) is 4. The first-order chi connectivity index (χ1) is 9.74. The number of halogens is 1. The average molecular weight is 328 g/mol. The Balaban J connectivity index is 1.79. The summed E-state index contributed by atoms with van der Waals surface area (Å²) < 4.78 is 6.35. The molecule has 2 nitrogen and oxygen atoms in total. The molecule has 3 heterocycles. The summed E-state index contributed by atoms with van der Waals surface area (Å²) in [6.45, 7) is 4.02. The van der Waals surface area contributed by atoms with Gasteiger partial charge in [-0.05, 0) is 42.8 Å². The van der Waals surface area contributed by atoms with E-state index in [1.54, 1.807) is 22.7 Å². The van der Waals surface area contributed by atoms with E-state index in [9.17, 15) is 0 Å². The standard InChI is InChI=1S/C15H18ClNOS2/c1-10(11-6-7-18-9-11)17-15(12-3-2-8-19-12)13-4-5-14(16)20-13/h2-5,8,10-11,15,17H,6-7,9H2,1H3. The predicted molar refractivity (Wildman–Crippen MR) is 87.0 cm³/mol. The van der Waals surface area contributed by atoms with Crippen LogP contribution in [0.25, 0.3) is 0 Å². The van der Waals surface area contributed by atoms with Crippen molar-refractivity contribution in [2.45, 2.75) is 25.4 Å². The normalized spacial score (nSPS) is 22.0. The Morgan fingerprint density at radius 3 is 2.85 bits per heavy atom. The minimum atomic E-state index is 0.239. The predicted octanol–water partition coefficient (Wildman–Crippen LogP) is 4.57. The highest BCUT2D eigenvalue weighted by Crippen LogP contribution is 2.34. The molecule has 0 spiro atoms. The van der Waals surface area contributed by atoms with Crippen LogP contribution in [0.4, 0.5) is 0 Å². The maximum Gasteiger partial charge on any atom is 0.0931 e. The van der Waals surface area contributed by atoms with Gasteiger partial charge < -0.3 is 10.1 Å². The second kappa shape index (κ2) is 6.58. The second-order valence-electron chi connectivity index (χ2n) is 5.17. The maximum atomic E-state index is 6.10. The topological polar surface area (TPSA) is 21.3 Å². The second-order valence-corrected chi connectivity index (χ2v) is 7.90. The van der Waals surface area contributed by atoms with Gasteiger partial charge in [0.1, 0.15) is 0 Å². The largest absolute Gasteiger partial charge is 0.381 e. The third kappa shape index (κ3) is 3.26. The van der Waals surface area contributed by atoms with Crippen molar-refractivity contribution in [1.82, 2.24) is 5.32 Å². The van der Waals surface area contributed by atoms with Crippen molar-refractivity contribution in [1.29, 1.82) is 0 Å². The molecule has 3 unspecified atom stereocenters. The van der Waals surface area contributed by atoms with Crippen molar-refractivity contribution < 1.29 is 4.74 Å². The molecule has 3 atom stereocenters. The molecule has 1 aliphatic heterocycles. The molecule has 1 aliphatic rings. The maximum absolute atomic E-state index is 6.10. The van der Waals surface area contributed by atoms with E-state index in [-0.39, 0.29) is 6.04 Å². The van der Waals surface area contributed by atoms with Crippen LogP contribution in [0.3, 0.4) is 0 Å². The molecule has 0 saturated carbocycles. The van der Waals surface area contributed by atoms with Gasteiger partial charge in [-0.2, -0.15) is 0 Å². The van der Waals surface area contributed by atoms with Crippen molar-refractivity contribution in [3.63, 3.8) is 0 Å². The van der Waals surface area contributed by atoms with Crippen LogP contribution in [-0.4, -0.2) is 19.3 Å². The highest BCUT2D eigenvalue weighted by atomic mass is 35.5. The van der Waals surface area contributed by atoms with Crippen molar-refractivity contribution in [3.05, 3.63) is 43.7 Å². The molecule has 0 aromatic carbocycles. The van der Waals surface area contributed by atoms with Crippen LogP contribution >= 0.6 is 34.3 Å². The van der Waals surface area contributed by atoms with Gasteiger partial charge in [0.25, 0.3) is 0 Å². The molecule has 20 heavy (non-hydrogen) atoms. The molecular formula is C15H18ClNOS2. The summed E-state index contributed by atoms with van der Waals surface area (Å²) >= 11 is 9.55. The molecule has 1 N–H and O–H groups in total. The minimum absolute atomic E-state index is 0.239. The Bertz CT molecular complexity index is 534. The summed E-state index contributed by atoms with van der Waals surface area (Å²) in [7, 11) is 0. The highest BCUT2D eigenvalue weighted by Gasteiger charge is 2.26. The van der Waals surface area contributed by atoms with Gasteiger partial charge in [-0.1, -0.05) is 17.7 Å². The van der Waals surface area contributed by atoms with Gasteiger partial charge >= 0.3 is 0 Å². The van der Waals surface area contributed by atoms with Gasteiger partial charge in [-0.25, -0.2) is 0 Å². The molecular weight excluding hydrogens is 310 g/mol. The molecule has 1 saturated heterocycles. The van der Waals surface area contributed by atoms with Crippen LogP contribution in [0.15, 0.2) is 29.6 Å². The van der Waals surface area contributed by atoms with E-state index in [0.29, 0.717) is 12.0 Å². The summed E-state index contributed by atoms with van der Waals surface area (Å²) in [5, 5.41) is 5.90. The smallest absolute Gasteiger partial charge is 0.0931 e. The molecule has 1 fully saturated rings. The lowest BCUT2D eigenvalue weighted by Gasteiger charge is -2.25. The fourth-order valence-electron chi connectivity index (χ4n) is 2.59. The van der Waals surface area contributed by atoms with Gasteiger partial charge in [0.2, 0.25) is 0 Å². The zero-order chi connectivity index (χ0) is 13.9. The van der Waals surface area contributed by atoms with Crippen molar-refractivity contribution in [2.75, 3.05) is 13.2 Å². The molecule has 2 aromatic heterocycles. The Hall–Kier alpha value is -0.390. The van der Waals surface area contributed by atoms with Gasteiger partial charge in [0.05, 0.1) is 17.0 Å². The number of thiophene rings is 2. The number of rotatable bonds is 5. The molecule has 0 aliphatic carbocycles. The van der Waals surface area contributed by atoms with Crippen LogP contribution in [0.2, 0.25) is 4.34 Å². The van der Waals surface area contributed by atoms with Crippen LogP contribution < -0.4 is 5.32 Å². The average Bonchev–Trinajstić information content (AvgIpc) is 3.17. The van der Waals surface area contributed by atoms with Gasteiger partial charge in [0.15, 0.2) is 0 Å². The lowest BCUT2D eigenvalue weighted by molar-refractivity contribution is 0.177. The zero-order valence-corrected chi connectivity index (χ0v) is 13.7. The zero-order valence-electron chi connectivity index (χ0n) is 11.3. The summed E-state index contributed by atoms with van der Waals surface area (Å²) in [5.41, 5.74) is 0. The SMILES string of the molecule is CC(NC(c1cccs1)c1ccc(Cl)s1)C1CCOC1. The van der Waals surface area contributed by atoms with E-state index in [4.69, 9.17) is 16.3 Å². The molecule has 0 bridgehead atoms. The van der Waals surface area contributed by atoms with Crippen LogP contribution in [0.1, 0.15) is 29.1 Å². The first kappa shape index (κ1) is 14.5. The van der Waals surface area contributed by atoms with Crippen molar-refractivity contribution in [3.8, 4) is 0 Å². The molecule has 3 rings (SSSR count). The van der Waals surface area contributed by atoms with E-state index < -0.39 is 0 Å². The molecule has 108 valence electrons. The monoisotopic (exact) mass is 327 g/mol. The van der Waals surface area contributed by atoms with Crippen molar-refractivity contribution in [2.24, 2.45) is 5.92 Å². The van der Waals surface area contributed by atoms with Crippen LogP contribution in [-0.2, 0) is 4.74 Å². The molecule has 0 radical (unpaired) electrons. The van der Waals surface area contributed by atoms with E-state index in [0.717, 1.165) is 24.0 Å². The van der Waals surface area contributed by atoms with Crippen molar-refractivity contribution >= 4 is 34.3 Å². The fraction of sp³-hybridized carbons (Fsp3) is 0.467. The molecule has 2 aromatic rings. The lowest BCUT2D eigenvalue weighted by Crippen LogP contribution is -2.36. The Morgan fingerprint density at radius 1 is 1.35 bits per heavy atom. The third-order valence-corrected chi connectivity index (χ3v) is 6.04. The van der Waals surface area contributed by atoms with Crippen LogP contribution in [0.5, 0.6) is 0 Å². The van der Waals surface area contributed by atoms with Crippen LogP contribution in [0, 0.1) is 5.92 Å². The van der Waals surface area contributed by atoms with E-state index in [1.807, 2.05) is 6.07 Å². The molecule has 5 heteroatoms. The van der Waals surface area contributed by atoms with E-state index in [1.165, 1.54) is 9.75 Å². The minimum Gasteiger partial charge on any atom is -0.381 e. The summed E-state index contributed by atoms with van der Waals surface area (Å²) in [6, 6.07) is 9.07. The number of ether oxygens (including phenoxy) is 1. The van der Waals surface area contributed by atoms with Gasteiger partial charge in [-0.15, -0.1) is 22.7 Å². The first-order valence-electron chi connectivity index (χ1n) is 6.86. The highest BCUT2D eigenvalue weighted by molar-refractivity contribution is 7.16. The van der Waals surface area contributed by atoms with E-state index >= 15 is 0 Å². The third-order valence-electron chi connectivity index (χ3n) is 3.81. The van der Waals surface area contributed by atoms with Gasteiger partial charge in [-0.3, -0.25) is 0 Å². The number of nitrogens with one attached hydrogen (secondary N) is 1. The van der Waals surface area contributed by atoms with E-state index in [2.05, 4.69) is 35.8 Å². The summed E-state index contributed by atoms with van der Waals surface area (Å²) in [5.74, 6) is 0.605.